The summed E-state index contributed by atoms with van der Waals surface area (Å²) in [5, 5.41) is 0. The number of amides is 1. The molecule has 1 aliphatic rings. The number of ether oxygens (including phenoxy) is 1. The first-order valence-electron chi connectivity index (χ1n) is 4.86. The zero-order valence-corrected chi connectivity index (χ0v) is 7.87. The molecule has 0 saturated carbocycles. The Morgan fingerprint density at radius 3 is 2.92 bits per heavy atom. The molecule has 0 spiro atoms. The van der Waals surface area contributed by atoms with E-state index in [1.54, 1.807) is 0 Å². The molecule has 1 unspecified atom stereocenters. The van der Waals surface area contributed by atoms with E-state index in [0.717, 1.165) is 25.7 Å². The number of primary amides is 1. The average molecular weight is 183 g/mol. The minimum atomic E-state index is -0.655. The SMILES string of the molecule is NC(=O)OCC1CC/C=C\CCC1. The van der Waals surface area contributed by atoms with Crippen molar-refractivity contribution in [2.24, 2.45) is 11.7 Å². The first kappa shape index (κ1) is 10.1. The second-order valence-electron chi connectivity index (χ2n) is 3.48. The molecule has 1 amide bonds. The van der Waals surface area contributed by atoms with E-state index < -0.39 is 6.09 Å². The van der Waals surface area contributed by atoms with Gasteiger partial charge in [-0.15, -0.1) is 0 Å². The van der Waals surface area contributed by atoms with Crippen molar-refractivity contribution in [1.82, 2.24) is 0 Å². The van der Waals surface area contributed by atoms with Gasteiger partial charge in [0.15, 0.2) is 0 Å². The van der Waals surface area contributed by atoms with Crippen LogP contribution < -0.4 is 5.73 Å². The molecule has 0 aromatic rings. The van der Waals surface area contributed by atoms with Gasteiger partial charge in [0.1, 0.15) is 0 Å². The van der Waals surface area contributed by atoms with Crippen molar-refractivity contribution < 1.29 is 9.53 Å². The monoisotopic (exact) mass is 183 g/mol. The molecular formula is C10H17NO2. The Morgan fingerprint density at radius 2 is 2.15 bits per heavy atom. The number of hydrogen-bond donors (Lipinski definition) is 1. The highest BCUT2D eigenvalue weighted by Crippen LogP contribution is 2.18. The van der Waals surface area contributed by atoms with Crippen LogP contribution in [0.2, 0.25) is 0 Å². The van der Waals surface area contributed by atoms with Crippen LogP contribution in [0, 0.1) is 5.92 Å². The largest absolute Gasteiger partial charge is 0.449 e. The first-order chi connectivity index (χ1) is 6.29. The van der Waals surface area contributed by atoms with Crippen LogP contribution >= 0.6 is 0 Å². The van der Waals surface area contributed by atoms with E-state index in [-0.39, 0.29) is 0 Å². The number of rotatable bonds is 2. The van der Waals surface area contributed by atoms with E-state index in [2.05, 4.69) is 12.2 Å². The van der Waals surface area contributed by atoms with Crippen molar-refractivity contribution in [2.45, 2.75) is 32.1 Å². The van der Waals surface area contributed by atoms with E-state index in [0.29, 0.717) is 12.5 Å². The number of hydrogen-bond acceptors (Lipinski definition) is 2. The lowest BCUT2D eigenvalue weighted by atomic mass is 9.95. The van der Waals surface area contributed by atoms with E-state index >= 15 is 0 Å². The topological polar surface area (TPSA) is 52.3 Å². The molecule has 0 aromatic carbocycles. The summed E-state index contributed by atoms with van der Waals surface area (Å²) in [7, 11) is 0. The lowest BCUT2D eigenvalue weighted by Crippen LogP contribution is -2.19. The molecule has 1 atom stereocenters. The van der Waals surface area contributed by atoms with Crippen LogP contribution in [-0.2, 0) is 4.74 Å². The molecule has 74 valence electrons. The third-order valence-electron chi connectivity index (χ3n) is 2.35. The molecule has 1 aliphatic carbocycles. The van der Waals surface area contributed by atoms with Gasteiger partial charge < -0.3 is 10.5 Å². The number of carbonyl (C=O) groups is 1. The summed E-state index contributed by atoms with van der Waals surface area (Å²) >= 11 is 0. The number of allylic oxidation sites excluding steroid dienone is 2. The summed E-state index contributed by atoms with van der Waals surface area (Å²) in [5.74, 6) is 0.498. The molecular weight excluding hydrogens is 166 g/mol. The maximum Gasteiger partial charge on any atom is 0.404 e. The van der Waals surface area contributed by atoms with E-state index in [1.165, 1.54) is 6.42 Å². The van der Waals surface area contributed by atoms with Crippen molar-refractivity contribution in [3.05, 3.63) is 12.2 Å². The first-order valence-corrected chi connectivity index (χ1v) is 4.86. The highest BCUT2D eigenvalue weighted by atomic mass is 16.5. The fourth-order valence-corrected chi connectivity index (χ4v) is 1.60. The Balaban J connectivity index is 2.23. The quantitative estimate of drug-likeness (QED) is 0.667. The molecule has 0 fully saturated rings. The van der Waals surface area contributed by atoms with Crippen LogP contribution in [0.5, 0.6) is 0 Å². The summed E-state index contributed by atoms with van der Waals surface area (Å²) in [4.78, 5) is 10.4. The predicted molar refractivity (Wildman–Crippen MR) is 51.3 cm³/mol. The Kier molecular flexibility index (Phi) is 4.36. The fraction of sp³-hybridized carbons (Fsp3) is 0.700. The highest BCUT2D eigenvalue weighted by molar-refractivity contribution is 5.64. The molecule has 1 rings (SSSR count). The molecule has 0 heterocycles. The highest BCUT2D eigenvalue weighted by Gasteiger charge is 2.10. The van der Waals surface area contributed by atoms with Gasteiger partial charge in [-0.2, -0.15) is 0 Å². The van der Waals surface area contributed by atoms with Crippen LogP contribution in [0.15, 0.2) is 12.2 Å². The van der Waals surface area contributed by atoms with Gasteiger partial charge in [0, 0.05) is 0 Å². The average Bonchev–Trinajstić information content (AvgIpc) is 2.01. The minimum Gasteiger partial charge on any atom is -0.449 e. The Labute approximate surface area is 78.9 Å². The third kappa shape index (κ3) is 4.55. The van der Waals surface area contributed by atoms with Gasteiger partial charge in [-0.3, -0.25) is 0 Å². The molecule has 0 bridgehead atoms. The molecule has 3 nitrogen and oxygen atoms in total. The van der Waals surface area contributed by atoms with Gasteiger partial charge in [0.25, 0.3) is 0 Å². The van der Waals surface area contributed by atoms with Crippen LogP contribution in [-0.4, -0.2) is 12.7 Å². The molecule has 0 saturated heterocycles. The third-order valence-corrected chi connectivity index (χ3v) is 2.35. The van der Waals surface area contributed by atoms with E-state index in [1.807, 2.05) is 0 Å². The van der Waals surface area contributed by atoms with Gasteiger partial charge >= 0.3 is 6.09 Å². The Hall–Kier alpha value is -0.990. The lowest BCUT2D eigenvalue weighted by Gasteiger charge is -2.16. The molecule has 3 heteroatoms. The van der Waals surface area contributed by atoms with E-state index in [4.69, 9.17) is 10.5 Å². The van der Waals surface area contributed by atoms with Gasteiger partial charge in [-0.05, 0) is 38.0 Å². The van der Waals surface area contributed by atoms with Crippen LogP contribution in [0.3, 0.4) is 0 Å². The van der Waals surface area contributed by atoms with Crippen molar-refractivity contribution in [3.8, 4) is 0 Å². The summed E-state index contributed by atoms with van der Waals surface area (Å²) in [6, 6.07) is 0. The predicted octanol–water partition coefficient (Wildman–Crippen LogP) is 2.22. The summed E-state index contributed by atoms with van der Waals surface area (Å²) in [6.07, 6.45) is 9.43. The fourth-order valence-electron chi connectivity index (χ4n) is 1.60. The second-order valence-corrected chi connectivity index (χ2v) is 3.48. The van der Waals surface area contributed by atoms with Gasteiger partial charge in [-0.1, -0.05) is 12.2 Å². The summed E-state index contributed by atoms with van der Waals surface area (Å²) in [5.41, 5.74) is 4.90. The molecule has 0 radical (unpaired) electrons. The van der Waals surface area contributed by atoms with E-state index in [9.17, 15) is 4.79 Å². The zero-order valence-electron chi connectivity index (χ0n) is 7.87. The standard InChI is InChI=1S/C10H17NO2/c11-10(12)13-8-9-6-4-2-1-3-5-7-9/h1-2,9H,3-8H2,(H2,11,12)/b2-1-. The summed E-state index contributed by atoms with van der Waals surface area (Å²) < 4.78 is 4.79. The van der Waals surface area contributed by atoms with Crippen LogP contribution in [0.1, 0.15) is 32.1 Å². The number of nitrogens with two attached hydrogens (primary N) is 1. The zero-order chi connectivity index (χ0) is 9.52. The normalized spacial score (nSPS) is 25.7. The maximum atomic E-state index is 10.4. The van der Waals surface area contributed by atoms with Crippen molar-refractivity contribution in [2.75, 3.05) is 6.61 Å². The Bertz CT molecular complexity index is 189. The van der Waals surface area contributed by atoms with Gasteiger partial charge in [0.05, 0.1) is 6.61 Å². The lowest BCUT2D eigenvalue weighted by molar-refractivity contribution is 0.130. The molecule has 0 aliphatic heterocycles. The van der Waals surface area contributed by atoms with Crippen LogP contribution in [0.4, 0.5) is 4.79 Å². The maximum absolute atomic E-state index is 10.4. The minimum absolute atomic E-state index is 0.489. The van der Waals surface area contributed by atoms with Crippen LogP contribution in [0.25, 0.3) is 0 Å². The molecule has 2 N–H and O–H groups in total. The summed E-state index contributed by atoms with van der Waals surface area (Å²) in [6.45, 7) is 0.489. The molecule has 0 aromatic heterocycles. The second kappa shape index (κ2) is 5.62. The van der Waals surface area contributed by atoms with Crippen molar-refractivity contribution in [3.63, 3.8) is 0 Å². The number of carbonyl (C=O) groups excluding carboxylic acids is 1. The van der Waals surface area contributed by atoms with Gasteiger partial charge in [0.2, 0.25) is 0 Å². The van der Waals surface area contributed by atoms with Crippen molar-refractivity contribution in [1.29, 1.82) is 0 Å². The Morgan fingerprint density at radius 1 is 1.38 bits per heavy atom. The van der Waals surface area contributed by atoms with Crippen molar-refractivity contribution >= 4 is 6.09 Å². The van der Waals surface area contributed by atoms with Gasteiger partial charge in [-0.25, -0.2) is 4.79 Å². The molecule has 13 heavy (non-hydrogen) atoms. The smallest absolute Gasteiger partial charge is 0.404 e.